The molecule has 2 atom stereocenters. The van der Waals surface area contributed by atoms with Gasteiger partial charge in [0, 0.05) is 23.0 Å². The highest BCUT2D eigenvalue weighted by molar-refractivity contribution is 6.30. The van der Waals surface area contributed by atoms with Gasteiger partial charge in [-0.3, -0.25) is 9.59 Å². The van der Waals surface area contributed by atoms with Crippen molar-refractivity contribution in [1.29, 1.82) is 0 Å². The average Bonchev–Trinajstić information content (AvgIpc) is 2.60. The molecule has 2 rings (SSSR count). The van der Waals surface area contributed by atoms with Gasteiger partial charge < -0.3 is 14.4 Å². The molecule has 6 nitrogen and oxygen atoms in total. The fourth-order valence-corrected chi connectivity index (χ4v) is 3.32. The van der Waals surface area contributed by atoms with Crippen LogP contribution in [0.15, 0.2) is 18.2 Å². The number of carbonyl (C=O) groups excluding carboxylic acids is 3. The third-order valence-corrected chi connectivity index (χ3v) is 4.65. The van der Waals surface area contributed by atoms with E-state index < -0.39 is 29.8 Å². The molecule has 8 heteroatoms. The predicted octanol–water partition coefficient (Wildman–Crippen LogP) is 3.52. The van der Waals surface area contributed by atoms with Crippen molar-refractivity contribution in [2.45, 2.75) is 32.2 Å². The van der Waals surface area contributed by atoms with Crippen LogP contribution in [0.1, 0.15) is 37.8 Å². The van der Waals surface area contributed by atoms with E-state index in [1.54, 1.807) is 6.92 Å². The molecule has 1 fully saturated rings. The zero-order chi connectivity index (χ0) is 19.3. The largest absolute Gasteiger partial charge is 0.466 e. The van der Waals surface area contributed by atoms with Crippen LogP contribution in [0.4, 0.5) is 9.18 Å². The highest BCUT2D eigenvalue weighted by atomic mass is 35.5. The summed E-state index contributed by atoms with van der Waals surface area (Å²) in [7, 11) is 1.25. The molecule has 0 radical (unpaired) electrons. The molecule has 26 heavy (non-hydrogen) atoms. The van der Waals surface area contributed by atoms with Gasteiger partial charge in [0.15, 0.2) is 0 Å². The zero-order valence-electron chi connectivity index (χ0n) is 14.7. The number of Topliss-reactive ketones (excluding diaryl/α,β-unsaturated/α-hetero) is 1. The highest BCUT2D eigenvalue weighted by Crippen LogP contribution is 2.37. The topological polar surface area (TPSA) is 72.9 Å². The van der Waals surface area contributed by atoms with Crippen molar-refractivity contribution < 1.29 is 28.2 Å². The number of piperidine rings is 1. The molecule has 1 saturated heterocycles. The fourth-order valence-electron chi connectivity index (χ4n) is 3.16. The van der Waals surface area contributed by atoms with E-state index in [0.717, 1.165) is 6.07 Å². The van der Waals surface area contributed by atoms with Crippen molar-refractivity contribution in [3.05, 3.63) is 34.6 Å². The van der Waals surface area contributed by atoms with Crippen LogP contribution in [0.3, 0.4) is 0 Å². The lowest BCUT2D eigenvalue weighted by molar-refractivity contribution is -0.146. The summed E-state index contributed by atoms with van der Waals surface area (Å²) in [6.07, 6.45) is -0.349. The van der Waals surface area contributed by atoms with E-state index in [2.05, 4.69) is 0 Å². The van der Waals surface area contributed by atoms with E-state index in [-0.39, 0.29) is 42.4 Å². The maximum Gasteiger partial charge on any atom is 0.409 e. The normalized spacial score (nSPS) is 19.8. The molecule has 142 valence electrons. The standard InChI is InChI=1S/C18H21ClFNO5/c1-3-26-17(23)10-16(22)11-6-7-21(18(24)25-2)15(8-11)13-5-4-12(19)9-14(13)20/h4-5,9,11,15H,3,6-8,10H2,1-2H3/t11-,15-/m1/s1. The number of ether oxygens (including phenoxy) is 2. The summed E-state index contributed by atoms with van der Waals surface area (Å²) in [5.74, 6) is -1.88. The SMILES string of the molecule is CCOC(=O)CC(=O)[C@@H]1CCN(C(=O)OC)[C@@H](c2ccc(Cl)cc2F)C1. The van der Waals surface area contributed by atoms with Crippen LogP contribution < -0.4 is 0 Å². The second-order valence-corrected chi connectivity index (χ2v) is 6.45. The van der Waals surface area contributed by atoms with E-state index in [1.165, 1.54) is 24.1 Å². The highest BCUT2D eigenvalue weighted by Gasteiger charge is 2.37. The van der Waals surface area contributed by atoms with Gasteiger partial charge in [-0.1, -0.05) is 17.7 Å². The zero-order valence-corrected chi connectivity index (χ0v) is 15.4. The molecule has 0 aliphatic carbocycles. The molecular weight excluding hydrogens is 365 g/mol. The lowest BCUT2D eigenvalue weighted by Gasteiger charge is -2.38. The number of hydrogen-bond acceptors (Lipinski definition) is 5. The van der Waals surface area contributed by atoms with Crippen molar-refractivity contribution in [2.75, 3.05) is 20.3 Å². The summed E-state index contributed by atoms with van der Waals surface area (Å²) >= 11 is 5.80. The van der Waals surface area contributed by atoms with Crippen molar-refractivity contribution in [3.63, 3.8) is 0 Å². The molecule has 1 aromatic rings. The van der Waals surface area contributed by atoms with Gasteiger partial charge in [-0.05, 0) is 31.9 Å². The Kier molecular flexibility index (Phi) is 6.97. The smallest absolute Gasteiger partial charge is 0.409 e. The minimum atomic E-state index is -0.676. The van der Waals surface area contributed by atoms with Gasteiger partial charge in [-0.15, -0.1) is 0 Å². The van der Waals surface area contributed by atoms with Gasteiger partial charge in [0.2, 0.25) is 0 Å². The van der Waals surface area contributed by atoms with Crippen LogP contribution in [-0.4, -0.2) is 43.0 Å². The first kappa shape index (κ1) is 20.2. The number of rotatable bonds is 5. The van der Waals surface area contributed by atoms with E-state index >= 15 is 0 Å². The summed E-state index contributed by atoms with van der Waals surface area (Å²) in [4.78, 5) is 37.4. The number of carbonyl (C=O) groups is 3. The quantitative estimate of drug-likeness (QED) is 0.572. The first-order chi connectivity index (χ1) is 12.4. The summed E-state index contributed by atoms with van der Waals surface area (Å²) < 4.78 is 24.0. The summed E-state index contributed by atoms with van der Waals surface area (Å²) in [6.45, 7) is 2.08. The average molecular weight is 386 g/mol. The Bertz CT molecular complexity index is 696. The Hall–Kier alpha value is -2.15. The second-order valence-electron chi connectivity index (χ2n) is 6.01. The third-order valence-electron chi connectivity index (χ3n) is 4.41. The van der Waals surface area contributed by atoms with Crippen molar-refractivity contribution >= 4 is 29.4 Å². The van der Waals surface area contributed by atoms with Crippen LogP contribution in [-0.2, 0) is 19.1 Å². The number of ketones is 1. The van der Waals surface area contributed by atoms with Crippen LogP contribution in [0.25, 0.3) is 0 Å². The molecule has 1 aliphatic rings. The molecule has 1 aromatic carbocycles. The molecule has 0 bridgehead atoms. The Balaban J connectivity index is 2.23. The number of likely N-dealkylation sites (tertiary alicyclic amines) is 1. The fraction of sp³-hybridized carbons (Fsp3) is 0.500. The maximum absolute atomic E-state index is 14.4. The number of hydrogen-bond donors (Lipinski definition) is 0. The van der Waals surface area contributed by atoms with Gasteiger partial charge in [0.05, 0.1) is 19.8 Å². The van der Waals surface area contributed by atoms with E-state index in [4.69, 9.17) is 21.1 Å². The molecule has 0 aromatic heterocycles. The minimum absolute atomic E-state index is 0.200. The number of amides is 1. The molecule has 1 aliphatic heterocycles. The van der Waals surface area contributed by atoms with Gasteiger partial charge in [0.25, 0.3) is 0 Å². The number of nitrogens with zero attached hydrogens (tertiary/aromatic N) is 1. The molecular formula is C18H21ClFNO5. The molecule has 0 unspecified atom stereocenters. The molecule has 1 heterocycles. The number of benzene rings is 1. The van der Waals surface area contributed by atoms with Crippen LogP contribution in [0.5, 0.6) is 0 Å². The number of methoxy groups -OCH3 is 1. The van der Waals surface area contributed by atoms with Gasteiger partial charge in [0.1, 0.15) is 18.0 Å². The summed E-state index contributed by atoms with van der Waals surface area (Å²) in [5, 5.41) is 0.238. The van der Waals surface area contributed by atoms with Crippen molar-refractivity contribution in [3.8, 4) is 0 Å². The van der Waals surface area contributed by atoms with Crippen LogP contribution in [0, 0.1) is 11.7 Å². The van der Waals surface area contributed by atoms with Crippen molar-refractivity contribution in [1.82, 2.24) is 4.90 Å². The first-order valence-corrected chi connectivity index (χ1v) is 8.73. The third kappa shape index (κ3) is 4.72. The van der Waals surface area contributed by atoms with E-state index in [0.29, 0.717) is 6.42 Å². The summed E-state index contributed by atoms with van der Waals surface area (Å²) in [6, 6.07) is 3.51. The first-order valence-electron chi connectivity index (χ1n) is 8.35. The van der Waals surface area contributed by atoms with E-state index in [9.17, 15) is 18.8 Å². The summed E-state index contributed by atoms with van der Waals surface area (Å²) in [5.41, 5.74) is 0.258. The molecule has 0 N–H and O–H groups in total. The van der Waals surface area contributed by atoms with Crippen molar-refractivity contribution in [2.24, 2.45) is 5.92 Å². The number of halogens is 2. The lowest BCUT2D eigenvalue weighted by atomic mass is 9.83. The monoisotopic (exact) mass is 385 g/mol. The Labute approximate surface area is 156 Å². The Morgan fingerprint density at radius 1 is 1.35 bits per heavy atom. The van der Waals surface area contributed by atoms with Crippen LogP contribution >= 0.6 is 11.6 Å². The second kappa shape index (κ2) is 8.98. The molecule has 0 saturated carbocycles. The Morgan fingerprint density at radius 2 is 2.08 bits per heavy atom. The van der Waals surface area contributed by atoms with Gasteiger partial charge in [-0.2, -0.15) is 0 Å². The number of esters is 1. The van der Waals surface area contributed by atoms with Gasteiger partial charge in [-0.25, -0.2) is 9.18 Å². The minimum Gasteiger partial charge on any atom is -0.466 e. The predicted molar refractivity (Wildman–Crippen MR) is 92.2 cm³/mol. The molecule has 1 amide bonds. The van der Waals surface area contributed by atoms with Gasteiger partial charge >= 0.3 is 12.1 Å². The molecule has 0 spiro atoms. The maximum atomic E-state index is 14.4. The lowest BCUT2D eigenvalue weighted by Crippen LogP contribution is -2.43. The van der Waals surface area contributed by atoms with E-state index in [1.807, 2.05) is 0 Å². The van der Waals surface area contributed by atoms with Crippen LogP contribution in [0.2, 0.25) is 5.02 Å². The Morgan fingerprint density at radius 3 is 2.69 bits per heavy atom.